The van der Waals surface area contributed by atoms with E-state index >= 15 is 0 Å². The second kappa shape index (κ2) is 7.25. The molecule has 2 aliphatic heterocycles. The highest BCUT2D eigenvalue weighted by Gasteiger charge is 2.29. The van der Waals surface area contributed by atoms with E-state index < -0.39 is 0 Å². The van der Waals surface area contributed by atoms with Crippen molar-refractivity contribution in [3.8, 4) is 0 Å². The van der Waals surface area contributed by atoms with Crippen molar-refractivity contribution >= 4 is 5.91 Å². The Morgan fingerprint density at radius 2 is 2.05 bits per heavy atom. The number of nitrogens with one attached hydrogen (secondary N) is 1. The van der Waals surface area contributed by atoms with Crippen LogP contribution in [0.15, 0.2) is 0 Å². The van der Waals surface area contributed by atoms with E-state index in [9.17, 15) is 4.79 Å². The normalized spacial score (nSPS) is 26.3. The maximum atomic E-state index is 12.5. The van der Waals surface area contributed by atoms with Gasteiger partial charge in [0.2, 0.25) is 5.91 Å². The molecule has 0 saturated carbocycles. The highest BCUT2D eigenvalue weighted by molar-refractivity contribution is 5.79. The van der Waals surface area contributed by atoms with Crippen molar-refractivity contribution in [2.24, 2.45) is 5.92 Å². The molecule has 4 nitrogen and oxygen atoms in total. The summed E-state index contributed by atoms with van der Waals surface area (Å²) in [6.45, 7) is 7.69. The Morgan fingerprint density at radius 3 is 2.63 bits per heavy atom. The van der Waals surface area contributed by atoms with Crippen LogP contribution in [0, 0.1) is 5.92 Å². The number of piperidine rings is 2. The molecular weight excluding hydrogens is 238 g/mol. The Balaban J connectivity index is 1.79. The first-order valence-electron chi connectivity index (χ1n) is 7.92. The summed E-state index contributed by atoms with van der Waals surface area (Å²) in [5.74, 6) is 0.577. The van der Waals surface area contributed by atoms with Crippen LogP contribution in [0.4, 0.5) is 0 Å². The molecule has 0 unspecified atom stereocenters. The van der Waals surface area contributed by atoms with Crippen molar-refractivity contribution in [3.05, 3.63) is 0 Å². The van der Waals surface area contributed by atoms with Gasteiger partial charge in [0.1, 0.15) is 0 Å². The Hall–Kier alpha value is -0.610. The summed E-state index contributed by atoms with van der Waals surface area (Å²) in [4.78, 5) is 17.0. The molecule has 0 aliphatic carbocycles. The molecule has 2 rings (SSSR count). The average Bonchev–Trinajstić information content (AvgIpc) is 2.48. The number of hydrogen-bond donors (Lipinski definition) is 1. The van der Waals surface area contributed by atoms with Crippen molar-refractivity contribution in [2.75, 3.05) is 39.8 Å². The lowest BCUT2D eigenvalue weighted by Crippen LogP contribution is -2.49. The van der Waals surface area contributed by atoms with Gasteiger partial charge in [0.15, 0.2) is 0 Å². The molecule has 1 atom stereocenters. The van der Waals surface area contributed by atoms with Gasteiger partial charge >= 0.3 is 0 Å². The van der Waals surface area contributed by atoms with Crippen molar-refractivity contribution in [1.29, 1.82) is 0 Å². The van der Waals surface area contributed by atoms with Crippen LogP contribution in [0.5, 0.6) is 0 Å². The molecule has 2 heterocycles. The second-order valence-corrected chi connectivity index (χ2v) is 6.07. The van der Waals surface area contributed by atoms with Crippen LogP contribution < -0.4 is 5.32 Å². The molecule has 4 heteroatoms. The van der Waals surface area contributed by atoms with E-state index in [0.717, 1.165) is 51.9 Å². The number of rotatable bonds is 4. The first-order chi connectivity index (χ1) is 9.22. The number of amides is 1. The van der Waals surface area contributed by atoms with Crippen LogP contribution in [0.25, 0.3) is 0 Å². The number of likely N-dealkylation sites (tertiary alicyclic amines) is 1. The van der Waals surface area contributed by atoms with Gasteiger partial charge in [0.05, 0.1) is 5.92 Å². The predicted molar refractivity (Wildman–Crippen MR) is 78.1 cm³/mol. The molecule has 110 valence electrons. The van der Waals surface area contributed by atoms with Crippen molar-refractivity contribution < 1.29 is 4.79 Å². The lowest BCUT2D eigenvalue weighted by atomic mass is 9.96. The Morgan fingerprint density at radius 1 is 1.32 bits per heavy atom. The van der Waals surface area contributed by atoms with Crippen molar-refractivity contribution in [3.63, 3.8) is 0 Å². The Kier molecular flexibility index (Phi) is 5.64. The summed E-state index contributed by atoms with van der Waals surface area (Å²) in [5, 5.41) is 3.34. The zero-order chi connectivity index (χ0) is 13.7. The highest BCUT2D eigenvalue weighted by atomic mass is 16.2. The third kappa shape index (κ3) is 3.93. The molecule has 2 aliphatic rings. The smallest absolute Gasteiger partial charge is 0.226 e. The van der Waals surface area contributed by atoms with Gasteiger partial charge in [-0.1, -0.05) is 6.92 Å². The topological polar surface area (TPSA) is 35.6 Å². The minimum atomic E-state index is 0.215. The molecule has 1 amide bonds. The first kappa shape index (κ1) is 14.8. The summed E-state index contributed by atoms with van der Waals surface area (Å²) in [6.07, 6.45) is 5.71. The summed E-state index contributed by atoms with van der Waals surface area (Å²) < 4.78 is 0. The number of nitrogens with zero attached hydrogens (tertiary/aromatic N) is 2. The largest absolute Gasteiger partial charge is 0.342 e. The van der Waals surface area contributed by atoms with Gasteiger partial charge < -0.3 is 15.1 Å². The van der Waals surface area contributed by atoms with E-state index in [-0.39, 0.29) is 5.92 Å². The Bertz CT molecular complexity index is 281. The quantitative estimate of drug-likeness (QED) is 0.834. The zero-order valence-electron chi connectivity index (χ0n) is 12.5. The van der Waals surface area contributed by atoms with Crippen molar-refractivity contribution in [1.82, 2.24) is 15.1 Å². The summed E-state index contributed by atoms with van der Waals surface area (Å²) >= 11 is 0. The third-order valence-corrected chi connectivity index (χ3v) is 4.64. The van der Waals surface area contributed by atoms with E-state index in [4.69, 9.17) is 0 Å². The van der Waals surface area contributed by atoms with Gasteiger partial charge in [-0.15, -0.1) is 0 Å². The summed E-state index contributed by atoms with van der Waals surface area (Å²) in [7, 11) is 2.01. The van der Waals surface area contributed by atoms with E-state index in [0.29, 0.717) is 11.9 Å². The fourth-order valence-electron chi connectivity index (χ4n) is 3.38. The molecule has 1 N–H and O–H groups in total. The van der Waals surface area contributed by atoms with E-state index in [1.807, 2.05) is 11.9 Å². The van der Waals surface area contributed by atoms with Gasteiger partial charge in [-0.05, 0) is 45.2 Å². The lowest BCUT2D eigenvalue weighted by molar-refractivity contribution is -0.137. The summed E-state index contributed by atoms with van der Waals surface area (Å²) in [5.41, 5.74) is 0. The van der Waals surface area contributed by atoms with E-state index in [1.54, 1.807) is 0 Å². The number of carbonyl (C=O) groups is 1. The molecule has 2 fully saturated rings. The molecule has 0 bridgehead atoms. The fourth-order valence-corrected chi connectivity index (χ4v) is 3.38. The second-order valence-electron chi connectivity index (χ2n) is 6.07. The standard InChI is InChI=1S/C15H29N3O/c1-3-9-18-10-6-14(7-11-18)17(2)15(19)13-5-4-8-16-12-13/h13-14,16H,3-12H2,1-2H3/t13-/m1/s1. The fraction of sp³-hybridized carbons (Fsp3) is 0.933. The van der Waals surface area contributed by atoms with Crippen molar-refractivity contribution in [2.45, 2.75) is 45.1 Å². The molecule has 0 radical (unpaired) electrons. The minimum absolute atomic E-state index is 0.215. The van der Waals surface area contributed by atoms with Crippen LogP contribution in [0.2, 0.25) is 0 Å². The van der Waals surface area contributed by atoms with Gasteiger partial charge in [-0.3, -0.25) is 4.79 Å². The van der Waals surface area contributed by atoms with Crippen LogP contribution in [0.1, 0.15) is 39.0 Å². The van der Waals surface area contributed by atoms with Crippen LogP contribution in [-0.2, 0) is 4.79 Å². The molecule has 19 heavy (non-hydrogen) atoms. The van der Waals surface area contributed by atoms with Crippen LogP contribution in [0.3, 0.4) is 0 Å². The van der Waals surface area contributed by atoms with Gasteiger partial charge in [0.25, 0.3) is 0 Å². The number of hydrogen-bond acceptors (Lipinski definition) is 3. The molecule has 0 aromatic heterocycles. The number of carbonyl (C=O) groups excluding carboxylic acids is 1. The van der Waals surface area contributed by atoms with Crippen LogP contribution >= 0.6 is 0 Å². The highest BCUT2D eigenvalue weighted by Crippen LogP contribution is 2.20. The molecule has 2 saturated heterocycles. The zero-order valence-corrected chi connectivity index (χ0v) is 12.5. The SMILES string of the molecule is CCCN1CCC(N(C)C(=O)[C@@H]2CCCNC2)CC1. The summed E-state index contributed by atoms with van der Waals surface area (Å²) in [6, 6.07) is 0.461. The van der Waals surface area contributed by atoms with Gasteiger partial charge in [-0.2, -0.15) is 0 Å². The van der Waals surface area contributed by atoms with Gasteiger partial charge in [-0.25, -0.2) is 0 Å². The minimum Gasteiger partial charge on any atom is -0.342 e. The molecular formula is C15H29N3O. The van der Waals surface area contributed by atoms with Gasteiger partial charge in [0, 0.05) is 32.7 Å². The average molecular weight is 267 g/mol. The lowest BCUT2D eigenvalue weighted by Gasteiger charge is -2.38. The predicted octanol–water partition coefficient (Wildman–Crippen LogP) is 1.32. The van der Waals surface area contributed by atoms with E-state index in [1.165, 1.54) is 13.0 Å². The van der Waals surface area contributed by atoms with E-state index in [2.05, 4.69) is 17.1 Å². The first-order valence-corrected chi connectivity index (χ1v) is 7.92. The monoisotopic (exact) mass is 267 g/mol. The third-order valence-electron chi connectivity index (χ3n) is 4.64. The molecule has 0 spiro atoms. The molecule has 0 aromatic rings. The Labute approximate surface area is 117 Å². The maximum Gasteiger partial charge on any atom is 0.226 e. The molecule has 0 aromatic carbocycles. The maximum absolute atomic E-state index is 12.5. The van der Waals surface area contributed by atoms with Crippen LogP contribution in [-0.4, -0.2) is 61.5 Å².